The fourth-order valence-electron chi connectivity index (χ4n) is 2.32. The van der Waals surface area contributed by atoms with Crippen molar-refractivity contribution in [1.29, 1.82) is 0 Å². The van der Waals surface area contributed by atoms with Crippen LogP contribution in [0.25, 0.3) is 11.5 Å². The molecule has 3 rings (SSSR count). The Morgan fingerprint density at radius 2 is 1.93 bits per heavy atom. The number of rotatable bonds is 5. The van der Waals surface area contributed by atoms with Crippen LogP contribution in [0.1, 0.15) is 34.8 Å². The van der Waals surface area contributed by atoms with Gasteiger partial charge >= 0.3 is 5.97 Å². The molecule has 0 spiro atoms. The number of benzene rings is 2. The average Bonchev–Trinajstić information content (AvgIpc) is 3.12. The summed E-state index contributed by atoms with van der Waals surface area (Å²) in [5.41, 5.74) is 7.26. The molecule has 27 heavy (non-hydrogen) atoms. The van der Waals surface area contributed by atoms with E-state index in [1.54, 1.807) is 6.92 Å². The lowest BCUT2D eigenvalue weighted by atomic mass is 10.1. The standard InChI is InChI=1S/C18H16N4O5/c1-10-3-5-12(6-4-10)17-21-20-16(27-17)11(2)26-18(23)14-9-13(22(24)25)7-8-15(14)19/h3-9,11H,19H2,1-2H3. The maximum Gasteiger partial charge on any atom is 0.341 e. The summed E-state index contributed by atoms with van der Waals surface area (Å²) in [4.78, 5) is 22.6. The van der Waals surface area contributed by atoms with Gasteiger partial charge in [-0.1, -0.05) is 17.7 Å². The smallest absolute Gasteiger partial charge is 0.341 e. The van der Waals surface area contributed by atoms with E-state index in [0.717, 1.165) is 17.2 Å². The van der Waals surface area contributed by atoms with Crippen LogP contribution in [0.15, 0.2) is 46.9 Å². The lowest BCUT2D eigenvalue weighted by molar-refractivity contribution is -0.384. The fraction of sp³-hybridized carbons (Fsp3) is 0.167. The van der Waals surface area contributed by atoms with Gasteiger partial charge in [0, 0.05) is 23.4 Å². The Hall–Kier alpha value is -3.75. The van der Waals surface area contributed by atoms with E-state index in [-0.39, 0.29) is 22.8 Å². The summed E-state index contributed by atoms with van der Waals surface area (Å²) >= 11 is 0. The summed E-state index contributed by atoms with van der Waals surface area (Å²) in [5.74, 6) is -0.426. The number of nitrogens with zero attached hydrogens (tertiary/aromatic N) is 3. The van der Waals surface area contributed by atoms with Crippen LogP contribution in [-0.2, 0) is 4.74 Å². The van der Waals surface area contributed by atoms with Crippen molar-refractivity contribution in [3.63, 3.8) is 0 Å². The predicted molar refractivity (Wildman–Crippen MR) is 95.8 cm³/mol. The molecule has 0 saturated carbocycles. The molecular formula is C18H16N4O5. The molecule has 0 aliphatic rings. The lowest BCUT2D eigenvalue weighted by Gasteiger charge is -2.10. The molecule has 1 aromatic heterocycles. The molecule has 3 aromatic rings. The number of hydrogen-bond donors (Lipinski definition) is 1. The molecule has 9 heteroatoms. The number of aromatic nitrogens is 2. The van der Waals surface area contributed by atoms with Crippen LogP contribution in [0.2, 0.25) is 0 Å². The van der Waals surface area contributed by atoms with E-state index in [2.05, 4.69) is 10.2 Å². The summed E-state index contributed by atoms with van der Waals surface area (Å²) in [5, 5.41) is 18.7. The van der Waals surface area contributed by atoms with Crippen LogP contribution in [0.3, 0.4) is 0 Å². The average molecular weight is 368 g/mol. The maximum atomic E-state index is 12.3. The number of anilines is 1. The largest absolute Gasteiger partial charge is 0.449 e. The number of ether oxygens (including phenoxy) is 1. The number of nitrogen functional groups attached to an aromatic ring is 1. The lowest BCUT2D eigenvalue weighted by Crippen LogP contribution is -2.12. The second kappa shape index (κ2) is 7.24. The number of nitrogens with two attached hydrogens (primary N) is 1. The fourth-order valence-corrected chi connectivity index (χ4v) is 2.32. The zero-order valence-corrected chi connectivity index (χ0v) is 14.6. The first-order chi connectivity index (χ1) is 12.8. The molecular weight excluding hydrogens is 352 g/mol. The zero-order chi connectivity index (χ0) is 19.6. The molecule has 0 aliphatic carbocycles. The summed E-state index contributed by atoms with van der Waals surface area (Å²) in [7, 11) is 0. The van der Waals surface area contributed by atoms with Crippen molar-refractivity contribution >= 4 is 17.3 Å². The van der Waals surface area contributed by atoms with E-state index in [1.165, 1.54) is 12.1 Å². The third kappa shape index (κ3) is 3.92. The topological polar surface area (TPSA) is 134 Å². The van der Waals surface area contributed by atoms with E-state index in [9.17, 15) is 14.9 Å². The van der Waals surface area contributed by atoms with Crippen molar-refractivity contribution in [1.82, 2.24) is 10.2 Å². The molecule has 1 atom stereocenters. The number of non-ortho nitro benzene ring substituents is 1. The Balaban J connectivity index is 1.77. The van der Waals surface area contributed by atoms with Crippen LogP contribution >= 0.6 is 0 Å². The van der Waals surface area contributed by atoms with Gasteiger partial charge in [-0.2, -0.15) is 0 Å². The first-order valence-corrected chi connectivity index (χ1v) is 8.00. The molecule has 0 aliphatic heterocycles. The minimum atomic E-state index is -0.858. The van der Waals surface area contributed by atoms with Gasteiger partial charge in [0.15, 0.2) is 6.10 Å². The first-order valence-electron chi connectivity index (χ1n) is 8.00. The number of nitro groups is 1. The van der Waals surface area contributed by atoms with E-state index < -0.39 is 17.0 Å². The Bertz CT molecular complexity index is 997. The van der Waals surface area contributed by atoms with Gasteiger partial charge in [0.2, 0.25) is 5.89 Å². The second-order valence-corrected chi connectivity index (χ2v) is 5.89. The molecule has 9 nitrogen and oxygen atoms in total. The SMILES string of the molecule is Cc1ccc(-c2nnc(C(C)OC(=O)c3cc([N+](=O)[O-])ccc3N)o2)cc1. The van der Waals surface area contributed by atoms with E-state index in [4.69, 9.17) is 14.9 Å². The van der Waals surface area contributed by atoms with Crippen molar-refractivity contribution in [2.75, 3.05) is 5.73 Å². The predicted octanol–water partition coefficient (Wildman–Crippen LogP) is 3.45. The van der Waals surface area contributed by atoms with Gasteiger partial charge in [-0.25, -0.2) is 4.79 Å². The highest BCUT2D eigenvalue weighted by Gasteiger charge is 2.23. The number of nitro benzene ring substituents is 1. The highest BCUT2D eigenvalue weighted by atomic mass is 16.6. The highest BCUT2D eigenvalue weighted by Crippen LogP contribution is 2.25. The van der Waals surface area contributed by atoms with Crippen molar-refractivity contribution < 1.29 is 18.9 Å². The van der Waals surface area contributed by atoms with E-state index >= 15 is 0 Å². The third-order valence-corrected chi connectivity index (χ3v) is 3.84. The minimum absolute atomic E-state index is 0.0728. The zero-order valence-electron chi connectivity index (χ0n) is 14.6. The molecule has 0 bridgehead atoms. The Morgan fingerprint density at radius 3 is 2.59 bits per heavy atom. The number of hydrogen-bond acceptors (Lipinski definition) is 8. The van der Waals surface area contributed by atoms with Crippen molar-refractivity contribution in [2.45, 2.75) is 20.0 Å². The van der Waals surface area contributed by atoms with Crippen molar-refractivity contribution in [3.8, 4) is 11.5 Å². The number of carbonyl (C=O) groups excluding carboxylic acids is 1. The van der Waals surface area contributed by atoms with Crippen LogP contribution in [-0.4, -0.2) is 21.1 Å². The third-order valence-electron chi connectivity index (χ3n) is 3.84. The first kappa shape index (κ1) is 18.1. The maximum absolute atomic E-state index is 12.3. The molecule has 1 unspecified atom stereocenters. The van der Waals surface area contributed by atoms with Gasteiger partial charge in [0.1, 0.15) is 0 Å². The monoisotopic (exact) mass is 368 g/mol. The highest BCUT2D eigenvalue weighted by molar-refractivity contribution is 5.95. The summed E-state index contributed by atoms with van der Waals surface area (Å²) in [6, 6.07) is 11.1. The van der Waals surface area contributed by atoms with Gasteiger partial charge in [-0.05, 0) is 32.0 Å². The molecule has 0 fully saturated rings. The van der Waals surface area contributed by atoms with Crippen molar-refractivity contribution in [3.05, 3.63) is 69.6 Å². The molecule has 0 saturated heterocycles. The Labute approximate surface area is 153 Å². The second-order valence-electron chi connectivity index (χ2n) is 5.89. The van der Waals surface area contributed by atoms with Crippen molar-refractivity contribution in [2.24, 2.45) is 0 Å². The molecule has 2 N–H and O–H groups in total. The summed E-state index contributed by atoms with van der Waals surface area (Å²) < 4.78 is 10.8. The molecule has 0 radical (unpaired) electrons. The van der Waals surface area contributed by atoms with Gasteiger partial charge < -0.3 is 14.9 Å². The van der Waals surface area contributed by atoms with Gasteiger partial charge in [0.05, 0.1) is 10.5 Å². The van der Waals surface area contributed by atoms with E-state index in [1.807, 2.05) is 31.2 Å². The van der Waals surface area contributed by atoms with Crippen LogP contribution in [0.4, 0.5) is 11.4 Å². The number of esters is 1. The Morgan fingerprint density at radius 1 is 1.22 bits per heavy atom. The van der Waals surface area contributed by atoms with Gasteiger partial charge in [0.25, 0.3) is 11.6 Å². The summed E-state index contributed by atoms with van der Waals surface area (Å²) in [6.45, 7) is 3.52. The van der Waals surface area contributed by atoms with Gasteiger partial charge in [-0.3, -0.25) is 10.1 Å². The molecule has 0 amide bonds. The molecule has 2 aromatic carbocycles. The van der Waals surface area contributed by atoms with E-state index in [0.29, 0.717) is 5.89 Å². The Kier molecular flexibility index (Phi) is 4.84. The normalized spacial score (nSPS) is 11.8. The number of carbonyl (C=O) groups is 1. The minimum Gasteiger partial charge on any atom is -0.449 e. The number of aryl methyl sites for hydroxylation is 1. The van der Waals surface area contributed by atoms with Gasteiger partial charge in [-0.15, -0.1) is 10.2 Å². The van der Waals surface area contributed by atoms with Crippen LogP contribution < -0.4 is 5.73 Å². The molecule has 138 valence electrons. The quantitative estimate of drug-likeness (QED) is 0.313. The van der Waals surface area contributed by atoms with Crippen LogP contribution in [0, 0.1) is 17.0 Å². The molecule has 1 heterocycles. The summed E-state index contributed by atoms with van der Waals surface area (Å²) in [6.07, 6.45) is -0.858. The van der Waals surface area contributed by atoms with Crippen LogP contribution in [0.5, 0.6) is 0 Å².